The third-order valence-electron chi connectivity index (χ3n) is 6.96. The lowest BCUT2D eigenvalue weighted by Gasteiger charge is -2.43. The van der Waals surface area contributed by atoms with Crippen LogP contribution in [0.15, 0.2) is 72.8 Å². The fourth-order valence-corrected chi connectivity index (χ4v) is 5.05. The Hall–Kier alpha value is -4.33. The molecule has 0 aliphatic heterocycles. The number of ether oxygens (including phenoxy) is 1. The lowest BCUT2D eigenvalue weighted by Crippen LogP contribution is -2.59. The summed E-state index contributed by atoms with van der Waals surface area (Å²) in [5.41, 5.74) is 2.52. The highest BCUT2D eigenvalue weighted by molar-refractivity contribution is 5.93. The SMILES string of the molecule is Cc1cccc(C)c1C(C(=O)NCc1ccccc1)N(C(=O)C(Cc1ccc(O)cc1)NC(=O)OC(C)(C)C)C(C)(C)C. The van der Waals surface area contributed by atoms with Gasteiger partial charge in [-0.2, -0.15) is 0 Å². The number of rotatable bonds is 9. The summed E-state index contributed by atoms with van der Waals surface area (Å²) in [6, 6.07) is 19.8. The first-order valence-electron chi connectivity index (χ1n) is 14.5. The van der Waals surface area contributed by atoms with Gasteiger partial charge in [-0.3, -0.25) is 9.59 Å². The van der Waals surface area contributed by atoms with Crippen molar-refractivity contribution in [2.75, 3.05) is 0 Å². The van der Waals surface area contributed by atoms with Gasteiger partial charge in [0.05, 0.1) is 0 Å². The molecule has 0 radical (unpaired) electrons. The van der Waals surface area contributed by atoms with Gasteiger partial charge in [-0.1, -0.05) is 60.7 Å². The second kappa shape index (κ2) is 13.8. The second-order valence-corrected chi connectivity index (χ2v) is 12.9. The van der Waals surface area contributed by atoms with Crippen molar-refractivity contribution in [3.8, 4) is 5.75 Å². The summed E-state index contributed by atoms with van der Waals surface area (Å²) in [4.78, 5) is 43.5. The minimum atomic E-state index is -1.06. The minimum Gasteiger partial charge on any atom is -0.508 e. The quantitative estimate of drug-likeness (QED) is 0.279. The lowest BCUT2D eigenvalue weighted by molar-refractivity contribution is -0.148. The van der Waals surface area contributed by atoms with E-state index in [1.54, 1.807) is 37.8 Å². The molecule has 230 valence electrons. The van der Waals surface area contributed by atoms with Crippen LogP contribution in [0.3, 0.4) is 0 Å². The zero-order chi connectivity index (χ0) is 31.9. The van der Waals surface area contributed by atoms with E-state index in [4.69, 9.17) is 4.74 Å². The van der Waals surface area contributed by atoms with Gasteiger partial charge in [0, 0.05) is 18.5 Å². The summed E-state index contributed by atoms with van der Waals surface area (Å²) in [7, 11) is 0. The molecule has 0 aliphatic carbocycles. The zero-order valence-electron chi connectivity index (χ0n) is 26.5. The van der Waals surface area contributed by atoms with Crippen LogP contribution in [-0.2, 0) is 27.3 Å². The summed E-state index contributed by atoms with van der Waals surface area (Å²) in [5, 5.41) is 15.6. The van der Waals surface area contributed by atoms with Crippen LogP contribution in [0.1, 0.15) is 75.4 Å². The van der Waals surface area contributed by atoms with Crippen LogP contribution < -0.4 is 10.6 Å². The van der Waals surface area contributed by atoms with E-state index in [1.165, 1.54) is 12.1 Å². The van der Waals surface area contributed by atoms with Gasteiger partial charge in [-0.15, -0.1) is 0 Å². The molecule has 0 spiro atoms. The molecule has 3 aromatic rings. The van der Waals surface area contributed by atoms with Crippen molar-refractivity contribution >= 4 is 17.9 Å². The third-order valence-corrected chi connectivity index (χ3v) is 6.96. The van der Waals surface area contributed by atoms with E-state index in [0.29, 0.717) is 6.54 Å². The van der Waals surface area contributed by atoms with Gasteiger partial charge in [0.25, 0.3) is 0 Å². The number of hydrogen-bond acceptors (Lipinski definition) is 5. The molecule has 3 aromatic carbocycles. The van der Waals surface area contributed by atoms with E-state index < -0.39 is 35.2 Å². The molecular formula is C35H45N3O5. The molecule has 3 N–H and O–H groups in total. The second-order valence-electron chi connectivity index (χ2n) is 12.9. The molecule has 0 aromatic heterocycles. The highest BCUT2D eigenvalue weighted by Crippen LogP contribution is 2.34. The van der Waals surface area contributed by atoms with E-state index in [1.807, 2.05) is 83.1 Å². The van der Waals surface area contributed by atoms with Crippen molar-refractivity contribution in [1.29, 1.82) is 0 Å². The Morgan fingerprint density at radius 3 is 1.93 bits per heavy atom. The van der Waals surface area contributed by atoms with Crippen molar-refractivity contribution in [3.05, 3.63) is 101 Å². The van der Waals surface area contributed by atoms with Gasteiger partial charge in [0.15, 0.2) is 0 Å². The van der Waals surface area contributed by atoms with Crippen LogP contribution >= 0.6 is 0 Å². The first kappa shape index (κ1) is 33.2. The number of carbonyl (C=O) groups excluding carboxylic acids is 3. The summed E-state index contributed by atoms with van der Waals surface area (Å²) >= 11 is 0. The molecule has 8 nitrogen and oxygen atoms in total. The molecular weight excluding hydrogens is 542 g/mol. The molecule has 0 bridgehead atoms. The standard InChI is InChI=1S/C35H45N3O5/c1-23-13-12-14-24(2)29(23)30(31(40)36-22-26-15-10-9-11-16-26)38(34(3,4)5)32(41)28(37-33(42)43-35(6,7)8)21-25-17-19-27(39)20-18-25/h9-20,28,30,39H,21-22H2,1-8H3,(H,36,40)(H,37,42). The normalized spacial score (nSPS) is 13.0. The summed E-state index contributed by atoms with van der Waals surface area (Å²) in [5.74, 6) is -0.674. The summed E-state index contributed by atoms with van der Waals surface area (Å²) < 4.78 is 5.52. The highest BCUT2D eigenvalue weighted by Gasteiger charge is 2.42. The molecule has 0 aliphatic rings. The van der Waals surface area contributed by atoms with Crippen molar-refractivity contribution in [3.63, 3.8) is 0 Å². The number of alkyl carbamates (subject to hydrolysis) is 1. The number of phenolic OH excluding ortho intramolecular Hbond substituents is 1. The van der Waals surface area contributed by atoms with Gasteiger partial charge in [0.1, 0.15) is 23.4 Å². The molecule has 3 amide bonds. The number of carbonyl (C=O) groups is 3. The van der Waals surface area contributed by atoms with E-state index in [2.05, 4.69) is 10.6 Å². The van der Waals surface area contributed by atoms with Gasteiger partial charge in [-0.25, -0.2) is 4.79 Å². The molecule has 8 heteroatoms. The van der Waals surface area contributed by atoms with Crippen molar-refractivity contribution in [1.82, 2.24) is 15.5 Å². The Morgan fingerprint density at radius 1 is 0.814 bits per heavy atom. The topological polar surface area (TPSA) is 108 Å². The van der Waals surface area contributed by atoms with E-state index in [-0.39, 0.29) is 18.1 Å². The Kier molecular flexibility index (Phi) is 10.6. The Morgan fingerprint density at radius 2 is 1.40 bits per heavy atom. The van der Waals surface area contributed by atoms with Crippen LogP contribution in [0.2, 0.25) is 0 Å². The first-order valence-corrected chi connectivity index (χ1v) is 14.5. The number of aryl methyl sites for hydroxylation is 2. The number of amides is 3. The first-order chi connectivity index (χ1) is 20.1. The predicted octanol–water partition coefficient (Wildman–Crippen LogP) is 6.13. The number of phenols is 1. The van der Waals surface area contributed by atoms with Crippen LogP contribution in [0.5, 0.6) is 5.75 Å². The maximum absolute atomic E-state index is 14.7. The Bertz CT molecular complexity index is 1390. The fourth-order valence-electron chi connectivity index (χ4n) is 5.05. The average molecular weight is 588 g/mol. The maximum Gasteiger partial charge on any atom is 0.408 e. The fraction of sp³-hybridized carbons (Fsp3) is 0.400. The van der Waals surface area contributed by atoms with Crippen LogP contribution in [0, 0.1) is 13.8 Å². The molecule has 3 rings (SSSR count). The van der Waals surface area contributed by atoms with Gasteiger partial charge >= 0.3 is 6.09 Å². The van der Waals surface area contributed by atoms with E-state index in [0.717, 1.165) is 27.8 Å². The predicted molar refractivity (Wildman–Crippen MR) is 169 cm³/mol. The van der Waals surface area contributed by atoms with Crippen molar-refractivity contribution < 1.29 is 24.2 Å². The molecule has 0 fully saturated rings. The number of nitrogens with one attached hydrogen (secondary N) is 2. The molecule has 0 saturated heterocycles. The monoisotopic (exact) mass is 587 g/mol. The van der Waals surface area contributed by atoms with Gasteiger partial charge in [-0.05, 0) is 95.3 Å². The molecule has 2 unspecified atom stereocenters. The van der Waals surface area contributed by atoms with Gasteiger partial charge in [0.2, 0.25) is 11.8 Å². The van der Waals surface area contributed by atoms with E-state index >= 15 is 0 Å². The number of hydrogen-bond donors (Lipinski definition) is 3. The maximum atomic E-state index is 14.7. The largest absolute Gasteiger partial charge is 0.508 e. The van der Waals surface area contributed by atoms with Crippen molar-refractivity contribution in [2.24, 2.45) is 0 Å². The van der Waals surface area contributed by atoms with Crippen LogP contribution in [0.4, 0.5) is 4.79 Å². The lowest BCUT2D eigenvalue weighted by atomic mass is 9.89. The molecule has 43 heavy (non-hydrogen) atoms. The van der Waals surface area contributed by atoms with Crippen LogP contribution in [-0.4, -0.2) is 45.1 Å². The van der Waals surface area contributed by atoms with Crippen LogP contribution in [0.25, 0.3) is 0 Å². The van der Waals surface area contributed by atoms with Gasteiger partial charge < -0.3 is 25.4 Å². The third kappa shape index (κ3) is 9.33. The molecule has 2 atom stereocenters. The van der Waals surface area contributed by atoms with Crippen molar-refractivity contribution in [2.45, 2.75) is 91.6 Å². The van der Waals surface area contributed by atoms with E-state index in [9.17, 15) is 19.5 Å². The number of benzene rings is 3. The molecule has 0 saturated carbocycles. The summed E-state index contributed by atoms with van der Waals surface area (Å²) in [6.07, 6.45) is -0.619. The highest BCUT2D eigenvalue weighted by atomic mass is 16.6. The Balaban J connectivity index is 2.11. The molecule has 0 heterocycles. The summed E-state index contributed by atoms with van der Waals surface area (Å²) in [6.45, 7) is 15.0. The smallest absolute Gasteiger partial charge is 0.408 e. The number of aromatic hydroxyl groups is 1. The number of nitrogens with zero attached hydrogens (tertiary/aromatic N) is 1. The minimum absolute atomic E-state index is 0.0909. The average Bonchev–Trinajstić information content (AvgIpc) is 2.90. The zero-order valence-corrected chi connectivity index (χ0v) is 26.5. The Labute approximate surface area is 255 Å².